The number of carbonyl (C=O) groups is 1. The van der Waals surface area contributed by atoms with Crippen molar-refractivity contribution in [3.8, 4) is 0 Å². The van der Waals surface area contributed by atoms with E-state index in [2.05, 4.69) is 11.8 Å². The predicted octanol–water partition coefficient (Wildman–Crippen LogP) is 3.91. The third-order valence-electron chi connectivity index (χ3n) is 6.41. The van der Waals surface area contributed by atoms with E-state index in [0.717, 1.165) is 63.2 Å². The van der Waals surface area contributed by atoms with Crippen LogP contribution in [-0.4, -0.2) is 47.9 Å². The molecule has 1 aromatic heterocycles. The van der Waals surface area contributed by atoms with Crippen molar-refractivity contribution in [1.82, 2.24) is 9.80 Å². The maximum atomic E-state index is 13.2. The van der Waals surface area contributed by atoms with Crippen LogP contribution < -0.4 is 5.63 Å². The third kappa shape index (κ3) is 4.14. The molecular formula is C23H30N2O3. The van der Waals surface area contributed by atoms with Crippen LogP contribution in [0.1, 0.15) is 55.8 Å². The number of nitrogens with zero attached hydrogens (tertiary/aromatic N) is 2. The van der Waals surface area contributed by atoms with Gasteiger partial charge in [-0.25, -0.2) is 4.79 Å². The van der Waals surface area contributed by atoms with Crippen LogP contribution in [0.2, 0.25) is 0 Å². The second-order valence-corrected chi connectivity index (χ2v) is 8.45. The molecule has 3 heterocycles. The molecule has 150 valence electrons. The van der Waals surface area contributed by atoms with Gasteiger partial charge in [0.2, 0.25) is 0 Å². The van der Waals surface area contributed by atoms with Crippen LogP contribution in [0.4, 0.5) is 0 Å². The molecule has 1 aromatic carbocycles. The van der Waals surface area contributed by atoms with Gasteiger partial charge in [-0.15, -0.1) is 0 Å². The van der Waals surface area contributed by atoms with Crippen molar-refractivity contribution >= 4 is 16.9 Å². The highest BCUT2D eigenvalue weighted by Crippen LogP contribution is 2.24. The summed E-state index contributed by atoms with van der Waals surface area (Å²) in [6, 6.07) is 9.26. The summed E-state index contributed by atoms with van der Waals surface area (Å²) in [7, 11) is 0. The quantitative estimate of drug-likeness (QED) is 0.753. The number of piperidine rings is 2. The molecule has 1 atom stereocenters. The normalized spacial score (nSPS) is 21.9. The second kappa shape index (κ2) is 8.48. The van der Waals surface area contributed by atoms with Gasteiger partial charge in [0.15, 0.2) is 0 Å². The Labute approximate surface area is 166 Å². The van der Waals surface area contributed by atoms with Gasteiger partial charge in [-0.3, -0.25) is 4.79 Å². The van der Waals surface area contributed by atoms with Crippen molar-refractivity contribution in [3.05, 3.63) is 46.3 Å². The lowest BCUT2D eigenvalue weighted by Gasteiger charge is -2.38. The summed E-state index contributed by atoms with van der Waals surface area (Å²) >= 11 is 0. The van der Waals surface area contributed by atoms with Crippen molar-refractivity contribution in [2.45, 2.75) is 51.5 Å². The molecule has 0 radical (unpaired) electrons. The van der Waals surface area contributed by atoms with E-state index in [4.69, 9.17) is 4.42 Å². The van der Waals surface area contributed by atoms with Gasteiger partial charge >= 0.3 is 5.63 Å². The lowest BCUT2D eigenvalue weighted by atomic mass is 9.96. The van der Waals surface area contributed by atoms with E-state index in [9.17, 15) is 9.59 Å². The number of hydrogen-bond acceptors (Lipinski definition) is 4. The predicted molar refractivity (Wildman–Crippen MR) is 111 cm³/mol. The summed E-state index contributed by atoms with van der Waals surface area (Å²) < 4.78 is 5.39. The molecule has 2 aromatic rings. The van der Waals surface area contributed by atoms with Crippen LogP contribution in [0.3, 0.4) is 0 Å². The lowest BCUT2D eigenvalue weighted by molar-refractivity contribution is 0.0571. The van der Waals surface area contributed by atoms with Crippen molar-refractivity contribution in [3.63, 3.8) is 0 Å². The molecule has 1 unspecified atom stereocenters. The topological polar surface area (TPSA) is 53.8 Å². The standard InChI is InChI=1S/C23H30N2O3/c1-17-9-13-24(14-10-17)15-11-19-7-4-5-12-25(19)22(26)20-16-18-6-2-3-8-21(18)28-23(20)27/h2-3,6,8,16-17,19H,4-5,7,9-15H2,1H3. The Hall–Kier alpha value is -2.14. The molecule has 0 spiro atoms. The minimum atomic E-state index is -0.530. The molecule has 2 fully saturated rings. The van der Waals surface area contributed by atoms with Crippen LogP contribution in [0.25, 0.3) is 11.0 Å². The molecule has 5 heteroatoms. The van der Waals surface area contributed by atoms with E-state index in [1.165, 1.54) is 12.8 Å². The maximum Gasteiger partial charge on any atom is 0.349 e. The van der Waals surface area contributed by atoms with Crippen LogP contribution in [0.5, 0.6) is 0 Å². The van der Waals surface area contributed by atoms with E-state index < -0.39 is 5.63 Å². The third-order valence-corrected chi connectivity index (χ3v) is 6.41. The fraction of sp³-hybridized carbons (Fsp3) is 0.565. The molecule has 4 rings (SSSR count). The van der Waals surface area contributed by atoms with Gasteiger partial charge in [-0.05, 0) is 69.7 Å². The Morgan fingerprint density at radius 2 is 1.89 bits per heavy atom. The number of rotatable bonds is 4. The Kier molecular flexibility index (Phi) is 5.81. The molecule has 2 saturated heterocycles. The SMILES string of the molecule is CC1CCN(CCC2CCCCN2C(=O)c2cc3ccccc3oc2=O)CC1. The molecule has 5 nitrogen and oxygen atoms in total. The van der Waals surface area contributed by atoms with E-state index >= 15 is 0 Å². The highest BCUT2D eigenvalue weighted by molar-refractivity contribution is 5.96. The largest absolute Gasteiger partial charge is 0.422 e. The molecule has 0 bridgehead atoms. The van der Waals surface area contributed by atoms with E-state index in [0.29, 0.717) is 5.58 Å². The van der Waals surface area contributed by atoms with Gasteiger partial charge in [0.1, 0.15) is 11.1 Å². The molecule has 2 aliphatic rings. The van der Waals surface area contributed by atoms with Crippen molar-refractivity contribution in [1.29, 1.82) is 0 Å². The first-order valence-corrected chi connectivity index (χ1v) is 10.7. The number of fused-ring (bicyclic) bond motifs is 1. The molecule has 0 N–H and O–H groups in total. The summed E-state index contributed by atoms with van der Waals surface area (Å²) in [6.45, 7) is 6.42. The molecule has 0 saturated carbocycles. The lowest BCUT2D eigenvalue weighted by Crippen LogP contribution is -2.46. The zero-order chi connectivity index (χ0) is 19.5. The first-order valence-electron chi connectivity index (χ1n) is 10.7. The summed E-state index contributed by atoms with van der Waals surface area (Å²) in [5.74, 6) is 0.660. The fourth-order valence-electron chi connectivity index (χ4n) is 4.55. The monoisotopic (exact) mass is 382 g/mol. The fourth-order valence-corrected chi connectivity index (χ4v) is 4.55. The number of carbonyl (C=O) groups excluding carboxylic acids is 1. The zero-order valence-electron chi connectivity index (χ0n) is 16.7. The average Bonchev–Trinajstić information content (AvgIpc) is 2.72. The van der Waals surface area contributed by atoms with Crippen molar-refractivity contribution in [2.24, 2.45) is 5.92 Å². The van der Waals surface area contributed by atoms with E-state index in [1.807, 2.05) is 23.1 Å². The van der Waals surface area contributed by atoms with Crippen LogP contribution >= 0.6 is 0 Å². The van der Waals surface area contributed by atoms with Gasteiger partial charge < -0.3 is 14.2 Å². The van der Waals surface area contributed by atoms with Crippen LogP contribution in [-0.2, 0) is 0 Å². The molecule has 2 aliphatic heterocycles. The first kappa shape index (κ1) is 19.2. The number of para-hydroxylation sites is 1. The van der Waals surface area contributed by atoms with Crippen LogP contribution in [0.15, 0.2) is 39.5 Å². The van der Waals surface area contributed by atoms with Gasteiger partial charge in [0.05, 0.1) is 0 Å². The van der Waals surface area contributed by atoms with Gasteiger partial charge in [-0.1, -0.05) is 25.1 Å². The molecule has 1 amide bonds. The highest BCUT2D eigenvalue weighted by atomic mass is 16.4. The summed E-state index contributed by atoms with van der Waals surface area (Å²) in [5.41, 5.74) is 0.161. The van der Waals surface area contributed by atoms with Gasteiger partial charge in [-0.2, -0.15) is 0 Å². The average molecular weight is 383 g/mol. The summed E-state index contributed by atoms with van der Waals surface area (Å²) in [6.07, 6.45) is 6.70. The van der Waals surface area contributed by atoms with E-state index in [1.54, 1.807) is 12.1 Å². The van der Waals surface area contributed by atoms with E-state index in [-0.39, 0.29) is 17.5 Å². The van der Waals surface area contributed by atoms with Gasteiger partial charge in [0.25, 0.3) is 5.91 Å². The Balaban J connectivity index is 1.48. The summed E-state index contributed by atoms with van der Waals surface area (Å²) in [5, 5.41) is 0.793. The smallest absolute Gasteiger partial charge is 0.349 e. The molecule has 28 heavy (non-hydrogen) atoms. The number of benzene rings is 1. The maximum absolute atomic E-state index is 13.2. The number of amides is 1. The minimum Gasteiger partial charge on any atom is -0.422 e. The Bertz CT molecular complexity index is 883. The molecular weight excluding hydrogens is 352 g/mol. The molecule has 0 aliphatic carbocycles. The number of likely N-dealkylation sites (tertiary alicyclic amines) is 2. The minimum absolute atomic E-state index is 0.164. The number of hydrogen-bond donors (Lipinski definition) is 0. The van der Waals surface area contributed by atoms with Crippen LogP contribution in [0, 0.1) is 5.92 Å². The van der Waals surface area contributed by atoms with Crippen molar-refractivity contribution < 1.29 is 9.21 Å². The van der Waals surface area contributed by atoms with Crippen molar-refractivity contribution in [2.75, 3.05) is 26.2 Å². The van der Waals surface area contributed by atoms with Gasteiger partial charge in [0, 0.05) is 24.5 Å². The zero-order valence-corrected chi connectivity index (χ0v) is 16.7. The Morgan fingerprint density at radius 3 is 2.71 bits per heavy atom. The summed E-state index contributed by atoms with van der Waals surface area (Å²) in [4.78, 5) is 30.1. The second-order valence-electron chi connectivity index (χ2n) is 8.45. The highest BCUT2D eigenvalue weighted by Gasteiger charge is 2.30. The first-order chi connectivity index (χ1) is 13.6. The Morgan fingerprint density at radius 1 is 1.11 bits per heavy atom.